The minimum Gasteiger partial charge on any atom is -0.467 e. The summed E-state index contributed by atoms with van der Waals surface area (Å²) >= 11 is 4.71. The Morgan fingerprint density at radius 1 is 1.16 bits per heavy atom. The molecule has 6 nitrogen and oxygen atoms in total. The lowest BCUT2D eigenvalue weighted by Gasteiger charge is -2.21. The Bertz CT molecular complexity index is 791. The fraction of sp³-hybridized carbons (Fsp3) is 0.176. The van der Waals surface area contributed by atoms with Crippen molar-refractivity contribution < 1.29 is 18.4 Å². The summed E-state index contributed by atoms with van der Waals surface area (Å²) in [6, 6.07) is 10.7. The molecule has 0 atom stereocenters. The lowest BCUT2D eigenvalue weighted by atomic mass is 10.3. The number of rotatable bonds is 7. The lowest BCUT2D eigenvalue weighted by molar-refractivity contribution is -0.131. The summed E-state index contributed by atoms with van der Waals surface area (Å²) in [6.45, 7) is 0.675. The van der Waals surface area contributed by atoms with Crippen LogP contribution in [0.2, 0.25) is 0 Å². The Morgan fingerprint density at radius 3 is 2.68 bits per heavy atom. The zero-order valence-corrected chi connectivity index (χ0v) is 15.5. The summed E-state index contributed by atoms with van der Waals surface area (Å²) in [7, 11) is 0. The van der Waals surface area contributed by atoms with E-state index in [1.54, 1.807) is 34.6 Å². The molecule has 0 aromatic carbocycles. The van der Waals surface area contributed by atoms with Gasteiger partial charge < -0.3 is 19.1 Å². The molecule has 3 rings (SSSR count). The van der Waals surface area contributed by atoms with Crippen LogP contribution >= 0.6 is 27.3 Å². The van der Waals surface area contributed by atoms with Crippen LogP contribution < -0.4 is 5.32 Å². The third kappa shape index (κ3) is 4.83. The monoisotopic (exact) mass is 422 g/mol. The Kier molecular flexibility index (Phi) is 5.72. The molecule has 1 N–H and O–H groups in total. The van der Waals surface area contributed by atoms with Gasteiger partial charge in [-0.2, -0.15) is 0 Å². The van der Waals surface area contributed by atoms with Crippen molar-refractivity contribution in [2.75, 3.05) is 6.54 Å². The summed E-state index contributed by atoms with van der Waals surface area (Å²) in [5.41, 5.74) is 0. The van der Waals surface area contributed by atoms with E-state index in [2.05, 4.69) is 21.2 Å². The van der Waals surface area contributed by atoms with E-state index in [0.29, 0.717) is 23.5 Å². The minimum atomic E-state index is -0.437. The van der Waals surface area contributed by atoms with Crippen molar-refractivity contribution in [3.05, 3.63) is 69.1 Å². The summed E-state index contributed by atoms with van der Waals surface area (Å²) < 4.78 is 11.0. The first-order valence-corrected chi connectivity index (χ1v) is 9.15. The molecular formula is C17H15BrN2O4S. The largest absolute Gasteiger partial charge is 0.467 e. The van der Waals surface area contributed by atoms with Crippen molar-refractivity contribution in [1.82, 2.24) is 10.2 Å². The van der Waals surface area contributed by atoms with Gasteiger partial charge in [-0.25, -0.2) is 0 Å². The molecule has 130 valence electrons. The van der Waals surface area contributed by atoms with E-state index in [1.165, 1.54) is 6.07 Å². The second-order valence-corrected chi connectivity index (χ2v) is 7.01. The summed E-state index contributed by atoms with van der Waals surface area (Å²) in [6.07, 6.45) is 1.57. The van der Waals surface area contributed by atoms with E-state index < -0.39 is 5.91 Å². The van der Waals surface area contributed by atoms with Crippen molar-refractivity contribution in [2.45, 2.75) is 13.1 Å². The lowest BCUT2D eigenvalue weighted by Crippen LogP contribution is -2.39. The minimum absolute atomic E-state index is 0.122. The van der Waals surface area contributed by atoms with Crippen LogP contribution in [0.15, 0.2) is 61.5 Å². The second kappa shape index (κ2) is 8.17. The second-order valence-electron chi connectivity index (χ2n) is 5.19. The van der Waals surface area contributed by atoms with Gasteiger partial charge in [0.25, 0.3) is 5.91 Å². The van der Waals surface area contributed by atoms with E-state index in [9.17, 15) is 9.59 Å². The fourth-order valence-electron chi connectivity index (χ4n) is 2.20. The number of thiophene rings is 1. The predicted octanol–water partition coefficient (Wildman–Crippen LogP) is 3.66. The molecule has 0 saturated heterocycles. The van der Waals surface area contributed by atoms with Crippen molar-refractivity contribution in [3.63, 3.8) is 0 Å². The zero-order valence-electron chi connectivity index (χ0n) is 13.1. The standard InChI is InChI=1S/C17H15BrN2O4S/c18-15-6-5-14(24-15)17(22)19-9-16(21)20(10-12-3-1-7-23-12)11-13-4-2-8-25-13/h1-8H,9-11H2,(H,19,22). The number of furan rings is 2. The molecule has 25 heavy (non-hydrogen) atoms. The Morgan fingerprint density at radius 2 is 2.04 bits per heavy atom. The van der Waals surface area contributed by atoms with Gasteiger partial charge in [0.2, 0.25) is 5.91 Å². The number of carbonyl (C=O) groups is 2. The molecule has 3 aromatic heterocycles. The van der Waals surface area contributed by atoms with Gasteiger partial charge in [0.15, 0.2) is 10.4 Å². The van der Waals surface area contributed by atoms with E-state index >= 15 is 0 Å². The van der Waals surface area contributed by atoms with Crippen molar-refractivity contribution >= 4 is 39.1 Å². The van der Waals surface area contributed by atoms with Gasteiger partial charge >= 0.3 is 0 Å². The molecule has 3 aromatic rings. The van der Waals surface area contributed by atoms with Crippen LogP contribution in [0.25, 0.3) is 0 Å². The van der Waals surface area contributed by atoms with Gasteiger partial charge in [-0.05, 0) is 51.6 Å². The number of carbonyl (C=O) groups excluding carboxylic acids is 2. The highest BCUT2D eigenvalue weighted by Crippen LogP contribution is 2.16. The maximum atomic E-state index is 12.6. The number of hydrogen-bond acceptors (Lipinski definition) is 5. The molecule has 2 amide bonds. The predicted molar refractivity (Wildman–Crippen MR) is 96.0 cm³/mol. The number of amides is 2. The number of halogens is 1. The van der Waals surface area contributed by atoms with Gasteiger partial charge in [0, 0.05) is 4.88 Å². The van der Waals surface area contributed by atoms with Gasteiger partial charge in [0.1, 0.15) is 5.76 Å². The number of hydrogen-bond donors (Lipinski definition) is 1. The molecule has 0 radical (unpaired) electrons. The first-order valence-electron chi connectivity index (χ1n) is 7.48. The van der Waals surface area contributed by atoms with Gasteiger partial charge in [-0.15, -0.1) is 11.3 Å². The highest BCUT2D eigenvalue weighted by molar-refractivity contribution is 9.10. The van der Waals surface area contributed by atoms with Crippen LogP contribution in [-0.4, -0.2) is 23.3 Å². The maximum Gasteiger partial charge on any atom is 0.287 e. The molecule has 0 bridgehead atoms. The fourth-order valence-corrected chi connectivity index (χ4v) is 3.23. The average molecular weight is 423 g/mol. The van der Waals surface area contributed by atoms with Crippen LogP contribution in [0, 0.1) is 0 Å². The average Bonchev–Trinajstić information content (AvgIpc) is 3.34. The molecule has 3 heterocycles. The summed E-state index contributed by atoms with van der Waals surface area (Å²) in [5.74, 6) is 0.193. The molecule has 0 spiro atoms. The molecule has 0 aliphatic rings. The maximum absolute atomic E-state index is 12.6. The normalized spacial score (nSPS) is 10.6. The van der Waals surface area contributed by atoms with Crippen molar-refractivity contribution in [2.24, 2.45) is 0 Å². The van der Waals surface area contributed by atoms with Gasteiger partial charge in [-0.1, -0.05) is 6.07 Å². The number of nitrogens with one attached hydrogen (secondary N) is 1. The van der Waals surface area contributed by atoms with Crippen LogP contribution in [0.4, 0.5) is 0 Å². The Hall–Kier alpha value is -2.32. The van der Waals surface area contributed by atoms with Crippen LogP contribution in [0.1, 0.15) is 21.2 Å². The first kappa shape index (κ1) is 17.5. The zero-order chi connectivity index (χ0) is 17.6. The molecular weight excluding hydrogens is 408 g/mol. The van der Waals surface area contributed by atoms with Crippen molar-refractivity contribution in [1.29, 1.82) is 0 Å². The molecule has 0 saturated carbocycles. The third-order valence-electron chi connectivity index (χ3n) is 3.40. The summed E-state index contributed by atoms with van der Waals surface area (Å²) in [5, 5.41) is 4.54. The van der Waals surface area contributed by atoms with Gasteiger partial charge in [-0.3, -0.25) is 9.59 Å². The van der Waals surface area contributed by atoms with E-state index in [1.807, 2.05) is 23.6 Å². The third-order valence-corrected chi connectivity index (χ3v) is 4.69. The van der Waals surface area contributed by atoms with E-state index in [-0.39, 0.29) is 18.2 Å². The summed E-state index contributed by atoms with van der Waals surface area (Å²) in [4.78, 5) is 27.3. The van der Waals surface area contributed by atoms with E-state index in [0.717, 1.165) is 4.88 Å². The van der Waals surface area contributed by atoms with Crippen LogP contribution in [-0.2, 0) is 17.9 Å². The molecule has 0 unspecified atom stereocenters. The van der Waals surface area contributed by atoms with Crippen LogP contribution in [0.3, 0.4) is 0 Å². The smallest absolute Gasteiger partial charge is 0.287 e. The van der Waals surface area contributed by atoms with E-state index in [4.69, 9.17) is 8.83 Å². The quantitative estimate of drug-likeness (QED) is 0.630. The topological polar surface area (TPSA) is 75.7 Å². The highest BCUT2D eigenvalue weighted by Gasteiger charge is 2.18. The Balaban J connectivity index is 1.62. The highest BCUT2D eigenvalue weighted by atomic mass is 79.9. The van der Waals surface area contributed by atoms with Gasteiger partial charge in [0.05, 0.1) is 25.9 Å². The molecule has 0 aliphatic carbocycles. The molecule has 8 heteroatoms. The number of nitrogens with zero attached hydrogens (tertiary/aromatic N) is 1. The molecule has 0 aliphatic heterocycles. The molecule has 0 fully saturated rings. The Labute approximate surface area is 156 Å². The first-order chi connectivity index (χ1) is 12.1. The van der Waals surface area contributed by atoms with Crippen LogP contribution in [0.5, 0.6) is 0 Å². The van der Waals surface area contributed by atoms with Crippen molar-refractivity contribution in [3.8, 4) is 0 Å². The SMILES string of the molecule is O=C(NCC(=O)N(Cc1ccco1)Cc1cccs1)c1ccc(Br)o1.